The first-order chi connectivity index (χ1) is 4.37. The fourth-order valence-electron chi connectivity index (χ4n) is 0.334. The number of nitrogens with zero attached hydrogens (tertiary/aromatic N) is 2. The Morgan fingerprint density at radius 1 is 1.30 bits per heavy atom. The van der Waals surface area contributed by atoms with Crippen molar-refractivity contribution >= 4 is 7.64 Å². The van der Waals surface area contributed by atoms with Crippen molar-refractivity contribution < 1.29 is 0 Å². The molecule has 0 heterocycles. The molecule has 0 aromatic rings. The van der Waals surface area contributed by atoms with Gasteiger partial charge in [-0.25, -0.2) is 0 Å². The van der Waals surface area contributed by atoms with Crippen molar-refractivity contribution in [2.75, 3.05) is 0 Å². The van der Waals surface area contributed by atoms with Gasteiger partial charge in [0.15, 0.2) is 0 Å². The summed E-state index contributed by atoms with van der Waals surface area (Å²) < 4.78 is 0. The van der Waals surface area contributed by atoms with Crippen molar-refractivity contribution in [1.82, 2.24) is 0 Å². The van der Waals surface area contributed by atoms with E-state index >= 15 is 0 Å². The van der Waals surface area contributed by atoms with Gasteiger partial charge in [0.1, 0.15) is 0 Å². The summed E-state index contributed by atoms with van der Waals surface area (Å²) in [6, 6.07) is 2.20. The zero-order valence-corrected chi connectivity index (χ0v) is 7.10. The second-order valence-electron chi connectivity index (χ2n) is 3.45. The van der Waals surface area contributed by atoms with Crippen molar-refractivity contribution in [1.29, 1.82) is 5.26 Å². The maximum absolute atomic E-state index is 8.72. The molecule has 0 rings (SSSR count). The molecule has 2 nitrogen and oxygen atoms in total. The fraction of sp³-hybridized carbons (Fsp3) is 0.857. The van der Waals surface area contributed by atoms with Crippen LogP contribution in [0.1, 0.15) is 27.7 Å². The Labute approximate surface area is 63.4 Å². The molecular weight excluding hydrogens is 123 g/mol. The van der Waals surface area contributed by atoms with Crippen LogP contribution in [-0.2, 0) is 0 Å². The first kappa shape index (κ1) is 9.35. The Morgan fingerprint density at radius 3 is 1.80 bits per heavy atom. The van der Waals surface area contributed by atoms with Crippen LogP contribution in [0.15, 0.2) is 4.90 Å². The molecule has 0 aliphatic rings. The monoisotopic (exact) mass is 136 g/mol. The average molecular weight is 136 g/mol. The van der Waals surface area contributed by atoms with E-state index in [2.05, 4.69) is 18.6 Å². The number of hydrogen-bond donors (Lipinski definition) is 0. The minimum atomic E-state index is -0.436. The quantitative estimate of drug-likeness (QED) is 0.528. The summed E-state index contributed by atoms with van der Waals surface area (Å²) in [6.07, 6.45) is 0. The first-order valence-corrected chi connectivity index (χ1v) is 3.26. The summed E-state index contributed by atoms with van der Waals surface area (Å²) in [5, 5.41) is 8.72. The fourth-order valence-corrected chi connectivity index (χ4v) is 0.334. The summed E-state index contributed by atoms with van der Waals surface area (Å²) in [5.41, 5.74) is -0.795. The molecule has 0 atom stereocenters. The van der Waals surface area contributed by atoms with E-state index in [4.69, 9.17) is 5.26 Å². The predicted octanol–water partition coefficient (Wildman–Crippen LogP) is 1.40. The SMILES string of the molecule is B=NC(C)(C)C(C)(C)C#N. The second kappa shape index (κ2) is 2.53. The van der Waals surface area contributed by atoms with E-state index in [1.165, 1.54) is 0 Å². The minimum absolute atomic E-state index is 0.359. The number of nitriles is 1. The van der Waals surface area contributed by atoms with Crippen LogP contribution in [0.2, 0.25) is 0 Å². The van der Waals surface area contributed by atoms with Crippen LogP contribution in [0.4, 0.5) is 0 Å². The van der Waals surface area contributed by atoms with E-state index in [9.17, 15) is 0 Å². The Morgan fingerprint density at radius 2 is 1.70 bits per heavy atom. The van der Waals surface area contributed by atoms with Gasteiger partial charge in [0.25, 0.3) is 0 Å². The van der Waals surface area contributed by atoms with E-state index in [0.29, 0.717) is 0 Å². The normalized spacial score (nSPS) is 12.2. The average Bonchev–Trinajstić information content (AvgIpc) is 1.88. The standard InChI is InChI=1S/C7H13BN2/c1-6(2,5-9)7(3,4)10-8/h8H,1-4H3. The van der Waals surface area contributed by atoms with E-state index in [1.54, 1.807) is 0 Å². The molecule has 0 radical (unpaired) electrons. The van der Waals surface area contributed by atoms with Crippen LogP contribution in [0.5, 0.6) is 0 Å². The first-order valence-electron chi connectivity index (χ1n) is 3.26. The summed E-state index contributed by atoms with van der Waals surface area (Å²) in [4.78, 5) is 3.89. The molecule has 0 unspecified atom stereocenters. The van der Waals surface area contributed by atoms with Crippen LogP contribution in [0.3, 0.4) is 0 Å². The van der Waals surface area contributed by atoms with Crippen LogP contribution in [0, 0.1) is 16.7 Å². The Bertz CT molecular complexity index is 177. The van der Waals surface area contributed by atoms with Gasteiger partial charge in [0.2, 0.25) is 0 Å². The topological polar surface area (TPSA) is 36.1 Å². The van der Waals surface area contributed by atoms with Crippen molar-refractivity contribution in [3.63, 3.8) is 0 Å². The molecule has 3 heteroatoms. The molecule has 0 aromatic heterocycles. The molecule has 0 saturated heterocycles. The van der Waals surface area contributed by atoms with Gasteiger partial charge >= 0.3 is 62.5 Å². The van der Waals surface area contributed by atoms with E-state index in [1.807, 2.05) is 27.7 Å². The van der Waals surface area contributed by atoms with Crippen LogP contribution in [-0.4, -0.2) is 13.2 Å². The number of rotatable bonds is 2. The summed E-state index contributed by atoms with van der Waals surface area (Å²) in [5.74, 6) is 0. The van der Waals surface area contributed by atoms with E-state index in [-0.39, 0.29) is 5.54 Å². The van der Waals surface area contributed by atoms with Crippen LogP contribution in [0.25, 0.3) is 0 Å². The number of hydrogen-bond acceptors (Lipinski definition) is 2. The van der Waals surface area contributed by atoms with E-state index < -0.39 is 5.41 Å². The molecule has 0 aliphatic heterocycles. The summed E-state index contributed by atoms with van der Waals surface area (Å²) in [6.45, 7) is 7.54. The molecular formula is C7H13BN2. The van der Waals surface area contributed by atoms with Gasteiger partial charge in [-0.05, 0) is 0 Å². The molecule has 10 heavy (non-hydrogen) atoms. The summed E-state index contributed by atoms with van der Waals surface area (Å²) in [7, 11) is 3.45. The third-order valence-corrected chi connectivity index (χ3v) is 2.20. The zero-order chi connectivity index (χ0) is 8.41. The van der Waals surface area contributed by atoms with Crippen LogP contribution >= 0.6 is 0 Å². The molecule has 0 aliphatic carbocycles. The second-order valence-corrected chi connectivity index (χ2v) is 3.45. The Balaban J connectivity index is 4.65. The van der Waals surface area contributed by atoms with Gasteiger partial charge in [0, 0.05) is 0 Å². The van der Waals surface area contributed by atoms with Crippen molar-refractivity contribution in [3.8, 4) is 6.07 Å². The van der Waals surface area contributed by atoms with Gasteiger partial charge in [0.05, 0.1) is 0 Å². The zero-order valence-electron chi connectivity index (χ0n) is 7.10. The summed E-state index contributed by atoms with van der Waals surface area (Å²) >= 11 is 0. The van der Waals surface area contributed by atoms with Crippen molar-refractivity contribution in [2.45, 2.75) is 33.2 Å². The van der Waals surface area contributed by atoms with Crippen LogP contribution < -0.4 is 0 Å². The molecule has 54 valence electrons. The van der Waals surface area contributed by atoms with Gasteiger partial charge in [-0.2, -0.15) is 0 Å². The Kier molecular flexibility index (Phi) is 2.37. The molecule has 0 bridgehead atoms. The van der Waals surface area contributed by atoms with E-state index in [0.717, 1.165) is 0 Å². The third-order valence-electron chi connectivity index (χ3n) is 2.20. The molecule has 0 aromatic carbocycles. The third kappa shape index (κ3) is 1.44. The van der Waals surface area contributed by atoms with Gasteiger partial charge in [-0.15, -0.1) is 0 Å². The van der Waals surface area contributed by atoms with Gasteiger partial charge in [-0.1, -0.05) is 0 Å². The van der Waals surface area contributed by atoms with Crippen molar-refractivity contribution in [3.05, 3.63) is 0 Å². The predicted molar refractivity (Wildman–Crippen MR) is 43.1 cm³/mol. The molecule has 0 N–H and O–H groups in total. The van der Waals surface area contributed by atoms with Gasteiger partial charge in [-0.3, -0.25) is 0 Å². The molecule has 0 saturated carbocycles. The van der Waals surface area contributed by atoms with Crippen molar-refractivity contribution in [2.24, 2.45) is 10.3 Å². The maximum atomic E-state index is 8.72. The molecule has 0 spiro atoms. The molecule has 0 fully saturated rings. The Hall–Kier alpha value is -0.645. The van der Waals surface area contributed by atoms with Gasteiger partial charge < -0.3 is 0 Å². The molecule has 0 amide bonds.